The average molecular weight is 696 g/mol. The van der Waals surface area contributed by atoms with Gasteiger partial charge >= 0.3 is 0 Å². The quantitative estimate of drug-likeness (QED) is 0.104. The van der Waals surface area contributed by atoms with Crippen molar-refractivity contribution in [3.05, 3.63) is 94.5 Å². The van der Waals surface area contributed by atoms with Crippen molar-refractivity contribution < 1.29 is 33.3 Å². The maximum absolute atomic E-state index is 12.8. The van der Waals surface area contributed by atoms with E-state index in [1.807, 2.05) is 30.3 Å². The van der Waals surface area contributed by atoms with Gasteiger partial charge in [-0.15, -0.1) is 0 Å². The summed E-state index contributed by atoms with van der Waals surface area (Å²) in [6.07, 6.45) is 2.44. The second-order valence-electron chi connectivity index (χ2n) is 12.3. The lowest BCUT2D eigenvalue weighted by molar-refractivity contribution is -0.117. The van der Waals surface area contributed by atoms with E-state index in [2.05, 4.69) is 45.3 Å². The van der Waals surface area contributed by atoms with Gasteiger partial charge in [-0.3, -0.25) is 14.4 Å². The van der Waals surface area contributed by atoms with Crippen molar-refractivity contribution in [1.82, 2.24) is 5.32 Å². The molecule has 4 aromatic carbocycles. The summed E-state index contributed by atoms with van der Waals surface area (Å²) in [7, 11) is 8.55. The number of carbonyl (C=O) groups excluding carboxylic acids is 3. The molecule has 1 aliphatic heterocycles. The molecule has 51 heavy (non-hydrogen) atoms. The minimum Gasteiger partial charge on any atom is -0.493 e. The molecule has 0 saturated heterocycles. The normalized spacial score (nSPS) is 13.8. The number of nitrogens with one attached hydrogen (secondary N) is 4. The van der Waals surface area contributed by atoms with Crippen LogP contribution in [0, 0.1) is 0 Å². The Hall–Kier alpha value is -5.75. The van der Waals surface area contributed by atoms with Gasteiger partial charge in [0.25, 0.3) is 0 Å². The van der Waals surface area contributed by atoms with Gasteiger partial charge in [0, 0.05) is 66.6 Å². The molecule has 1 heterocycles. The molecule has 4 N–H and O–H groups in total. The number of hydrogen-bond donors (Lipinski definition) is 4. The topological polar surface area (TPSA) is 139 Å². The number of carbonyl (C=O) groups is 3. The number of para-hydroxylation sites is 1. The number of benzene rings is 4. The number of nitrogens with zero attached hydrogens (tertiary/aromatic N) is 1. The highest BCUT2D eigenvalue weighted by molar-refractivity contribution is 5.94. The molecular formula is C39H45N5O7. The highest BCUT2D eigenvalue weighted by Gasteiger charge is 2.26. The van der Waals surface area contributed by atoms with Crippen LogP contribution in [0.15, 0.2) is 66.7 Å². The largest absolute Gasteiger partial charge is 0.493 e. The molecule has 5 rings (SSSR count). The van der Waals surface area contributed by atoms with Crippen LogP contribution < -0.4 is 45.1 Å². The minimum atomic E-state index is -0.421. The first-order chi connectivity index (χ1) is 24.7. The van der Waals surface area contributed by atoms with Gasteiger partial charge in [0.2, 0.25) is 5.91 Å². The van der Waals surface area contributed by atoms with Gasteiger partial charge in [-0.2, -0.15) is 0 Å². The first kappa shape index (κ1) is 36.5. The van der Waals surface area contributed by atoms with Crippen LogP contribution >= 0.6 is 0 Å². The van der Waals surface area contributed by atoms with Gasteiger partial charge in [0.15, 0.2) is 35.6 Å². The molecule has 2 unspecified atom stereocenters. The van der Waals surface area contributed by atoms with Crippen molar-refractivity contribution in [1.29, 1.82) is 0 Å². The summed E-state index contributed by atoms with van der Waals surface area (Å²) in [5.41, 5.74) is 6.70. The van der Waals surface area contributed by atoms with Crippen molar-refractivity contribution in [3.63, 3.8) is 0 Å². The van der Waals surface area contributed by atoms with Crippen LogP contribution in [0.5, 0.6) is 23.0 Å². The monoisotopic (exact) mass is 695 g/mol. The molecule has 0 fully saturated rings. The SMILES string of the molecule is CNc1cc(OCc2cc(COc3cc(NCC4Cc5ccccc5N4C)c(C=O)cc3OC)cc(NC(=O)C(C)NC)c2)c(OC)cc1C=O. The standard InChI is InChI=1S/C39H45N5O7/c1-24(40-2)39(47)43-30-12-25(22-50-37-17-32(41-3)28(20-45)15-35(37)48-5)11-26(13-30)23-51-38-18-33(29(21-46)16-36(38)49-6)42-19-31-14-27-9-7-8-10-34(27)44(31)4/h7-13,15-18,20-21,24,31,40-42H,14,19,22-23H2,1-6H3,(H,43,47). The Morgan fingerprint density at radius 1 is 0.843 bits per heavy atom. The Balaban J connectivity index is 1.37. The summed E-state index contributed by atoms with van der Waals surface area (Å²) in [6, 6.07) is 20.5. The Morgan fingerprint density at radius 2 is 1.43 bits per heavy atom. The number of anilines is 4. The van der Waals surface area contributed by atoms with E-state index in [4.69, 9.17) is 18.9 Å². The Morgan fingerprint density at radius 3 is 1.98 bits per heavy atom. The van der Waals surface area contributed by atoms with Crippen LogP contribution in [0.4, 0.5) is 22.7 Å². The van der Waals surface area contributed by atoms with Gasteiger partial charge in [0.05, 0.1) is 26.3 Å². The van der Waals surface area contributed by atoms with Gasteiger partial charge in [-0.05, 0) is 73.5 Å². The molecule has 12 nitrogen and oxygen atoms in total. The molecule has 1 amide bonds. The summed E-state index contributed by atoms with van der Waals surface area (Å²) in [6.45, 7) is 2.64. The molecule has 0 aliphatic carbocycles. The van der Waals surface area contributed by atoms with E-state index in [-0.39, 0.29) is 25.2 Å². The Labute approximate surface area is 298 Å². The molecular weight excluding hydrogens is 650 g/mol. The zero-order chi connectivity index (χ0) is 36.5. The van der Waals surface area contributed by atoms with E-state index in [0.29, 0.717) is 57.7 Å². The number of rotatable bonds is 17. The van der Waals surface area contributed by atoms with Crippen molar-refractivity contribution in [2.75, 3.05) is 62.8 Å². The van der Waals surface area contributed by atoms with Crippen molar-refractivity contribution in [2.45, 2.75) is 38.6 Å². The Kier molecular flexibility index (Phi) is 12.0. The molecule has 0 aromatic heterocycles. The van der Waals surface area contributed by atoms with Crippen LogP contribution in [0.25, 0.3) is 0 Å². The summed E-state index contributed by atoms with van der Waals surface area (Å²) in [5, 5.41) is 12.4. The number of hydrogen-bond acceptors (Lipinski definition) is 11. The van der Waals surface area contributed by atoms with E-state index >= 15 is 0 Å². The number of ether oxygens (including phenoxy) is 4. The van der Waals surface area contributed by atoms with Crippen LogP contribution in [-0.2, 0) is 24.4 Å². The third-order valence-corrected chi connectivity index (χ3v) is 9.03. The smallest absolute Gasteiger partial charge is 0.241 e. The fourth-order valence-corrected chi connectivity index (χ4v) is 6.02. The summed E-state index contributed by atoms with van der Waals surface area (Å²) >= 11 is 0. The maximum atomic E-state index is 12.8. The van der Waals surface area contributed by atoms with Crippen LogP contribution in [0.3, 0.4) is 0 Å². The lowest BCUT2D eigenvalue weighted by atomic mass is 10.1. The van der Waals surface area contributed by atoms with Crippen LogP contribution in [0.1, 0.15) is 44.3 Å². The number of fused-ring (bicyclic) bond motifs is 1. The van der Waals surface area contributed by atoms with Crippen molar-refractivity contribution in [3.8, 4) is 23.0 Å². The molecule has 12 heteroatoms. The molecule has 0 spiro atoms. The summed E-state index contributed by atoms with van der Waals surface area (Å²) in [5.74, 6) is 1.51. The lowest BCUT2D eigenvalue weighted by Gasteiger charge is -2.24. The average Bonchev–Trinajstić information content (AvgIpc) is 3.48. The molecule has 2 atom stereocenters. The molecule has 1 aliphatic rings. The van der Waals surface area contributed by atoms with Crippen LogP contribution in [0.2, 0.25) is 0 Å². The van der Waals surface area contributed by atoms with E-state index in [9.17, 15) is 14.4 Å². The predicted molar refractivity (Wildman–Crippen MR) is 199 cm³/mol. The van der Waals surface area contributed by atoms with Gasteiger partial charge in [0.1, 0.15) is 13.2 Å². The fraction of sp³-hybridized carbons (Fsp3) is 0.308. The van der Waals surface area contributed by atoms with E-state index < -0.39 is 6.04 Å². The second-order valence-corrected chi connectivity index (χ2v) is 12.3. The molecule has 0 bridgehead atoms. The molecule has 0 radical (unpaired) electrons. The highest BCUT2D eigenvalue weighted by Crippen LogP contribution is 2.36. The van der Waals surface area contributed by atoms with Crippen molar-refractivity contribution >= 4 is 41.2 Å². The lowest BCUT2D eigenvalue weighted by Crippen LogP contribution is -2.35. The third-order valence-electron chi connectivity index (χ3n) is 9.03. The third kappa shape index (κ3) is 8.53. The fourth-order valence-electron chi connectivity index (χ4n) is 6.02. The van der Waals surface area contributed by atoms with Crippen LogP contribution in [-0.4, -0.2) is 72.5 Å². The molecule has 268 valence electrons. The van der Waals surface area contributed by atoms with E-state index in [1.165, 1.54) is 25.5 Å². The number of methoxy groups -OCH3 is 2. The first-order valence-corrected chi connectivity index (χ1v) is 16.6. The Bertz CT molecular complexity index is 1880. The highest BCUT2D eigenvalue weighted by atomic mass is 16.5. The number of amides is 1. The predicted octanol–water partition coefficient (Wildman–Crippen LogP) is 5.55. The number of aldehydes is 2. The van der Waals surface area contributed by atoms with E-state index in [0.717, 1.165) is 30.1 Å². The van der Waals surface area contributed by atoms with Gasteiger partial charge < -0.3 is 45.1 Å². The molecule has 0 saturated carbocycles. The maximum Gasteiger partial charge on any atom is 0.241 e. The number of likely N-dealkylation sites (N-methyl/N-ethyl adjacent to an activating group) is 2. The zero-order valence-corrected chi connectivity index (χ0v) is 29.8. The van der Waals surface area contributed by atoms with Gasteiger partial charge in [-0.1, -0.05) is 18.2 Å². The molecule has 4 aromatic rings. The summed E-state index contributed by atoms with van der Waals surface area (Å²) < 4.78 is 23.6. The van der Waals surface area contributed by atoms with Gasteiger partial charge in [-0.25, -0.2) is 0 Å². The summed E-state index contributed by atoms with van der Waals surface area (Å²) in [4.78, 5) is 38.7. The second kappa shape index (κ2) is 16.8. The first-order valence-electron chi connectivity index (χ1n) is 16.6. The van der Waals surface area contributed by atoms with E-state index in [1.54, 1.807) is 45.3 Å². The minimum absolute atomic E-state index is 0.121. The zero-order valence-electron chi connectivity index (χ0n) is 29.8. The van der Waals surface area contributed by atoms with Crippen molar-refractivity contribution in [2.24, 2.45) is 0 Å².